The molecule has 0 bridgehead atoms. The van der Waals surface area contributed by atoms with Gasteiger partial charge in [-0.15, -0.1) is 0 Å². The molecule has 5 nitrogen and oxygen atoms in total. The van der Waals surface area contributed by atoms with Crippen LogP contribution in [0.4, 0.5) is 5.69 Å². The number of rotatable bonds is 4. The van der Waals surface area contributed by atoms with E-state index in [1.807, 2.05) is 13.8 Å². The number of amides is 1. The van der Waals surface area contributed by atoms with Crippen molar-refractivity contribution in [3.63, 3.8) is 0 Å². The number of carbonyl (C=O) groups is 1. The molecule has 1 aliphatic rings. The van der Waals surface area contributed by atoms with E-state index in [9.17, 15) is 4.79 Å². The van der Waals surface area contributed by atoms with Gasteiger partial charge in [-0.25, -0.2) is 0 Å². The molecule has 2 atom stereocenters. The van der Waals surface area contributed by atoms with Gasteiger partial charge in [0.25, 0.3) is 0 Å². The highest BCUT2D eigenvalue weighted by Crippen LogP contribution is 2.28. The minimum atomic E-state index is -0.236. The number of anilines is 1. The van der Waals surface area contributed by atoms with Gasteiger partial charge in [0.15, 0.2) is 0 Å². The van der Waals surface area contributed by atoms with Gasteiger partial charge in [-0.3, -0.25) is 9.69 Å². The van der Waals surface area contributed by atoms with Crippen LogP contribution >= 0.6 is 11.6 Å². The fourth-order valence-corrected chi connectivity index (χ4v) is 2.55. The first-order valence-electron chi connectivity index (χ1n) is 7.01. The third-order valence-corrected chi connectivity index (χ3v) is 3.85. The van der Waals surface area contributed by atoms with E-state index >= 15 is 0 Å². The Bertz CT molecular complexity index is 510. The maximum Gasteiger partial charge on any atom is 0.241 e. The maximum absolute atomic E-state index is 12.4. The first-order valence-corrected chi connectivity index (χ1v) is 7.39. The lowest BCUT2D eigenvalue weighted by Crippen LogP contribution is -2.50. The van der Waals surface area contributed by atoms with Crippen molar-refractivity contribution >= 4 is 23.2 Å². The molecule has 0 aliphatic carbocycles. The summed E-state index contributed by atoms with van der Waals surface area (Å²) in [5.74, 6) is 0.514. The summed E-state index contributed by atoms with van der Waals surface area (Å²) in [6.07, 6.45) is 0.148. The monoisotopic (exact) mass is 312 g/mol. The van der Waals surface area contributed by atoms with Gasteiger partial charge >= 0.3 is 0 Å². The molecule has 1 heterocycles. The summed E-state index contributed by atoms with van der Waals surface area (Å²) in [5, 5.41) is 3.44. The van der Waals surface area contributed by atoms with Crippen molar-refractivity contribution in [3.05, 3.63) is 23.2 Å². The van der Waals surface area contributed by atoms with Gasteiger partial charge in [-0.05, 0) is 32.0 Å². The first-order chi connectivity index (χ1) is 10.0. The number of nitrogens with one attached hydrogen (secondary N) is 1. The number of methoxy groups -OCH3 is 1. The lowest BCUT2D eigenvalue weighted by atomic mass is 10.2. The van der Waals surface area contributed by atoms with Gasteiger partial charge in [-0.1, -0.05) is 11.6 Å². The highest BCUT2D eigenvalue weighted by Gasteiger charge is 2.26. The van der Waals surface area contributed by atoms with Crippen LogP contribution in [0.3, 0.4) is 0 Å². The second kappa shape index (κ2) is 7.11. The van der Waals surface area contributed by atoms with Gasteiger partial charge in [0, 0.05) is 18.1 Å². The van der Waals surface area contributed by atoms with Gasteiger partial charge in [-0.2, -0.15) is 0 Å². The number of benzene rings is 1. The largest absolute Gasteiger partial charge is 0.495 e. The highest BCUT2D eigenvalue weighted by molar-refractivity contribution is 6.31. The molecule has 0 saturated carbocycles. The van der Waals surface area contributed by atoms with E-state index in [0.29, 0.717) is 23.1 Å². The highest BCUT2D eigenvalue weighted by atomic mass is 35.5. The Labute approximate surface area is 130 Å². The van der Waals surface area contributed by atoms with Crippen LogP contribution in [0.5, 0.6) is 5.75 Å². The lowest BCUT2D eigenvalue weighted by Gasteiger charge is -2.34. The molecule has 116 valence electrons. The Morgan fingerprint density at radius 1 is 1.57 bits per heavy atom. The Hall–Kier alpha value is -1.30. The van der Waals surface area contributed by atoms with E-state index in [1.165, 1.54) is 0 Å². The van der Waals surface area contributed by atoms with E-state index < -0.39 is 0 Å². The number of carbonyl (C=O) groups excluding carboxylic acids is 1. The zero-order valence-electron chi connectivity index (χ0n) is 12.6. The van der Waals surface area contributed by atoms with Crippen molar-refractivity contribution in [2.75, 3.05) is 32.1 Å². The molecular weight excluding hydrogens is 292 g/mol. The Balaban J connectivity index is 2.05. The van der Waals surface area contributed by atoms with E-state index in [2.05, 4.69) is 10.2 Å². The molecule has 1 saturated heterocycles. The average Bonchev–Trinajstić information content (AvgIpc) is 2.46. The van der Waals surface area contributed by atoms with Gasteiger partial charge < -0.3 is 14.8 Å². The predicted molar refractivity (Wildman–Crippen MR) is 83.1 cm³/mol. The molecular formula is C15H21ClN2O3. The van der Waals surface area contributed by atoms with E-state index in [-0.39, 0.29) is 18.1 Å². The van der Waals surface area contributed by atoms with E-state index in [0.717, 1.165) is 13.1 Å². The summed E-state index contributed by atoms with van der Waals surface area (Å²) >= 11 is 5.97. The number of morpholine rings is 1. The van der Waals surface area contributed by atoms with Gasteiger partial charge in [0.1, 0.15) is 5.75 Å². The topological polar surface area (TPSA) is 50.8 Å². The Kier molecular flexibility index (Phi) is 5.45. The molecule has 0 spiro atoms. The summed E-state index contributed by atoms with van der Waals surface area (Å²) in [7, 11) is 1.56. The van der Waals surface area contributed by atoms with Crippen LogP contribution in [0.1, 0.15) is 13.8 Å². The molecule has 0 aromatic heterocycles. The molecule has 1 aliphatic heterocycles. The third kappa shape index (κ3) is 4.09. The van der Waals surface area contributed by atoms with Gasteiger partial charge in [0.05, 0.1) is 31.5 Å². The molecule has 1 amide bonds. The van der Waals surface area contributed by atoms with Crippen LogP contribution in [-0.4, -0.2) is 49.8 Å². The lowest BCUT2D eigenvalue weighted by molar-refractivity contribution is -0.123. The fourth-order valence-electron chi connectivity index (χ4n) is 2.38. The number of nitrogens with zero attached hydrogens (tertiary/aromatic N) is 1. The summed E-state index contributed by atoms with van der Waals surface area (Å²) in [6.45, 7) is 6.06. The van der Waals surface area contributed by atoms with Crippen molar-refractivity contribution in [2.24, 2.45) is 0 Å². The molecule has 2 unspecified atom stereocenters. The van der Waals surface area contributed by atoms with Crippen LogP contribution in [0.15, 0.2) is 18.2 Å². The van der Waals surface area contributed by atoms with Crippen molar-refractivity contribution in [2.45, 2.75) is 26.0 Å². The SMILES string of the molecule is COc1ccc(Cl)cc1NC(=O)C(C)N1CCOC(C)C1. The number of hydrogen-bond acceptors (Lipinski definition) is 4. The second-order valence-corrected chi connectivity index (χ2v) is 5.62. The zero-order valence-corrected chi connectivity index (χ0v) is 13.3. The average molecular weight is 313 g/mol. The molecule has 1 aromatic rings. The Morgan fingerprint density at radius 3 is 3.00 bits per heavy atom. The molecule has 21 heavy (non-hydrogen) atoms. The zero-order chi connectivity index (χ0) is 15.4. The normalized spacial score (nSPS) is 20.9. The first kappa shape index (κ1) is 16.1. The van der Waals surface area contributed by atoms with Crippen LogP contribution in [0, 0.1) is 0 Å². The van der Waals surface area contributed by atoms with Crippen LogP contribution in [0.25, 0.3) is 0 Å². The van der Waals surface area contributed by atoms with Gasteiger partial charge in [0.2, 0.25) is 5.91 Å². The van der Waals surface area contributed by atoms with Crippen molar-refractivity contribution < 1.29 is 14.3 Å². The number of hydrogen-bond donors (Lipinski definition) is 1. The van der Waals surface area contributed by atoms with Crippen molar-refractivity contribution in [1.82, 2.24) is 4.90 Å². The van der Waals surface area contributed by atoms with Crippen LogP contribution in [0.2, 0.25) is 5.02 Å². The minimum absolute atomic E-state index is 0.0790. The van der Waals surface area contributed by atoms with Crippen LogP contribution in [-0.2, 0) is 9.53 Å². The third-order valence-electron chi connectivity index (χ3n) is 3.62. The van der Waals surface area contributed by atoms with E-state index in [1.54, 1.807) is 25.3 Å². The van der Waals surface area contributed by atoms with Crippen molar-refractivity contribution in [3.8, 4) is 5.75 Å². The molecule has 1 aromatic carbocycles. The smallest absolute Gasteiger partial charge is 0.241 e. The maximum atomic E-state index is 12.4. The molecule has 6 heteroatoms. The van der Waals surface area contributed by atoms with E-state index in [4.69, 9.17) is 21.1 Å². The summed E-state index contributed by atoms with van der Waals surface area (Å²) in [5.41, 5.74) is 0.586. The van der Waals surface area contributed by atoms with Crippen molar-refractivity contribution in [1.29, 1.82) is 0 Å². The summed E-state index contributed by atoms with van der Waals surface area (Å²) in [6, 6.07) is 4.91. The standard InChI is InChI=1S/C15H21ClN2O3/c1-10-9-18(6-7-21-10)11(2)15(19)17-13-8-12(16)4-5-14(13)20-3/h4-5,8,10-11H,6-7,9H2,1-3H3,(H,17,19). The number of halogens is 1. The fraction of sp³-hybridized carbons (Fsp3) is 0.533. The Morgan fingerprint density at radius 2 is 2.33 bits per heavy atom. The van der Waals surface area contributed by atoms with Crippen LogP contribution < -0.4 is 10.1 Å². The quantitative estimate of drug-likeness (QED) is 0.927. The molecule has 1 N–H and O–H groups in total. The second-order valence-electron chi connectivity index (χ2n) is 5.19. The molecule has 1 fully saturated rings. The molecule has 2 rings (SSSR count). The summed E-state index contributed by atoms with van der Waals surface area (Å²) < 4.78 is 10.7. The molecule has 0 radical (unpaired) electrons. The summed E-state index contributed by atoms with van der Waals surface area (Å²) in [4.78, 5) is 14.5. The predicted octanol–water partition coefficient (Wildman–Crippen LogP) is 2.40. The minimum Gasteiger partial charge on any atom is -0.495 e. The number of ether oxygens (including phenoxy) is 2.